The standard InChI is InChI=1S/C9H15N3OS.2ClH/c1-6(10)7(13)12-9(2,3)8-11-4-5-14-8;;/h4-6H,10H2,1-3H3,(H,12,13);2*1H/t6-;;/m1../s1. The Morgan fingerprint density at radius 3 is 2.50 bits per heavy atom. The average molecular weight is 286 g/mol. The number of hydrogen-bond donors (Lipinski definition) is 2. The summed E-state index contributed by atoms with van der Waals surface area (Å²) in [5.74, 6) is -0.162. The van der Waals surface area contributed by atoms with Gasteiger partial charge >= 0.3 is 0 Å². The molecule has 0 unspecified atom stereocenters. The molecule has 0 saturated heterocycles. The van der Waals surface area contributed by atoms with Gasteiger partial charge in [-0.3, -0.25) is 4.79 Å². The predicted octanol–water partition coefficient (Wildman–Crippen LogP) is 1.69. The van der Waals surface area contributed by atoms with Gasteiger partial charge in [0, 0.05) is 11.6 Å². The van der Waals surface area contributed by atoms with Gasteiger partial charge < -0.3 is 11.1 Å². The Hall–Kier alpha value is -0.360. The number of nitrogens with one attached hydrogen (secondary N) is 1. The Kier molecular flexibility index (Phi) is 7.95. The van der Waals surface area contributed by atoms with E-state index in [-0.39, 0.29) is 30.7 Å². The molecule has 0 spiro atoms. The second kappa shape index (κ2) is 7.06. The SMILES string of the molecule is C[C@@H](N)C(=O)NC(C)(C)c1nccs1.Cl.Cl. The first-order valence-electron chi connectivity index (χ1n) is 4.41. The summed E-state index contributed by atoms with van der Waals surface area (Å²) in [7, 11) is 0. The van der Waals surface area contributed by atoms with Crippen LogP contribution in [0.2, 0.25) is 0 Å². The molecule has 0 aliphatic rings. The van der Waals surface area contributed by atoms with Crippen molar-refractivity contribution < 1.29 is 4.79 Å². The van der Waals surface area contributed by atoms with Crippen molar-refractivity contribution in [3.8, 4) is 0 Å². The van der Waals surface area contributed by atoms with Crippen molar-refractivity contribution in [1.29, 1.82) is 0 Å². The van der Waals surface area contributed by atoms with E-state index in [0.29, 0.717) is 0 Å². The van der Waals surface area contributed by atoms with E-state index in [2.05, 4.69) is 10.3 Å². The molecule has 0 aliphatic heterocycles. The molecule has 7 heteroatoms. The van der Waals surface area contributed by atoms with Crippen LogP contribution in [-0.4, -0.2) is 16.9 Å². The summed E-state index contributed by atoms with van der Waals surface area (Å²) in [6.45, 7) is 5.48. The minimum absolute atomic E-state index is 0. The molecular weight excluding hydrogens is 269 g/mol. The Morgan fingerprint density at radius 2 is 2.12 bits per heavy atom. The van der Waals surface area contributed by atoms with Crippen LogP contribution in [0.3, 0.4) is 0 Å². The number of thiazole rings is 1. The molecule has 3 N–H and O–H groups in total. The summed E-state index contributed by atoms with van der Waals surface area (Å²) in [5, 5.41) is 5.61. The number of hydrogen-bond acceptors (Lipinski definition) is 4. The lowest BCUT2D eigenvalue weighted by Gasteiger charge is -2.24. The first kappa shape index (κ1) is 18.0. The Morgan fingerprint density at radius 1 is 1.56 bits per heavy atom. The van der Waals surface area contributed by atoms with Crippen molar-refractivity contribution in [3.05, 3.63) is 16.6 Å². The Balaban J connectivity index is 0. The van der Waals surface area contributed by atoms with Crippen LogP contribution >= 0.6 is 36.2 Å². The van der Waals surface area contributed by atoms with Crippen molar-refractivity contribution in [2.45, 2.75) is 32.4 Å². The zero-order chi connectivity index (χ0) is 10.8. The molecule has 16 heavy (non-hydrogen) atoms. The number of aromatic nitrogens is 1. The van der Waals surface area contributed by atoms with Crippen molar-refractivity contribution in [2.24, 2.45) is 5.73 Å². The fourth-order valence-electron chi connectivity index (χ4n) is 1.01. The van der Waals surface area contributed by atoms with E-state index in [1.807, 2.05) is 19.2 Å². The molecule has 1 heterocycles. The van der Waals surface area contributed by atoms with E-state index >= 15 is 0 Å². The Labute approximate surface area is 112 Å². The molecule has 1 atom stereocenters. The average Bonchev–Trinajstić information content (AvgIpc) is 2.54. The van der Waals surface area contributed by atoms with Crippen molar-refractivity contribution >= 4 is 42.1 Å². The molecule has 94 valence electrons. The molecular formula is C9H17Cl2N3OS. The van der Waals surface area contributed by atoms with Crippen LogP contribution in [0.5, 0.6) is 0 Å². The van der Waals surface area contributed by atoms with E-state index in [0.717, 1.165) is 5.01 Å². The Bertz CT molecular complexity index is 315. The van der Waals surface area contributed by atoms with Crippen molar-refractivity contribution in [2.75, 3.05) is 0 Å². The van der Waals surface area contributed by atoms with Gasteiger partial charge in [0.2, 0.25) is 5.91 Å². The summed E-state index contributed by atoms with van der Waals surface area (Å²) in [6.07, 6.45) is 1.72. The number of nitrogens with two attached hydrogens (primary N) is 1. The fraction of sp³-hybridized carbons (Fsp3) is 0.556. The van der Waals surface area contributed by atoms with Crippen LogP contribution in [0, 0.1) is 0 Å². The number of rotatable bonds is 3. The fourth-order valence-corrected chi connectivity index (χ4v) is 1.73. The summed E-state index contributed by atoms with van der Waals surface area (Å²) in [5.41, 5.74) is 5.02. The van der Waals surface area contributed by atoms with E-state index in [1.165, 1.54) is 11.3 Å². The minimum atomic E-state index is -0.491. The highest BCUT2D eigenvalue weighted by Crippen LogP contribution is 2.21. The van der Waals surface area contributed by atoms with Gasteiger partial charge in [0.1, 0.15) is 5.01 Å². The zero-order valence-corrected chi connectivity index (χ0v) is 11.8. The molecule has 0 fully saturated rings. The zero-order valence-electron chi connectivity index (χ0n) is 9.39. The molecule has 0 aromatic carbocycles. The molecule has 4 nitrogen and oxygen atoms in total. The summed E-state index contributed by atoms with van der Waals surface area (Å²) in [4.78, 5) is 15.6. The number of nitrogens with zero attached hydrogens (tertiary/aromatic N) is 1. The lowest BCUT2D eigenvalue weighted by atomic mass is 10.1. The summed E-state index contributed by atoms with van der Waals surface area (Å²) in [6, 6.07) is -0.491. The van der Waals surface area contributed by atoms with E-state index in [9.17, 15) is 4.79 Å². The minimum Gasteiger partial charge on any atom is -0.343 e. The van der Waals surface area contributed by atoms with Gasteiger partial charge in [-0.1, -0.05) is 0 Å². The number of halogens is 2. The second-order valence-corrected chi connectivity index (χ2v) is 4.63. The topological polar surface area (TPSA) is 68.0 Å². The summed E-state index contributed by atoms with van der Waals surface area (Å²) >= 11 is 1.52. The van der Waals surface area contributed by atoms with E-state index in [1.54, 1.807) is 13.1 Å². The smallest absolute Gasteiger partial charge is 0.237 e. The van der Waals surface area contributed by atoms with Crippen LogP contribution in [-0.2, 0) is 10.3 Å². The third-order valence-electron chi connectivity index (χ3n) is 1.82. The molecule has 0 bridgehead atoms. The highest BCUT2D eigenvalue weighted by molar-refractivity contribution is 7.09. The largest absolute Gasteiger partial charge is 0.343 e. The van der Waals surface area contributed by atoms with Crippen LogP contribution in [0.15, 0.2) is 11.6 Å². The number of carbonyl (C=O) groups is 1. The predicted molar refractivity (Wildman–Crippen MR) is 71.4 cm³/mol. The maximum atomic E-state index is 11.4. The van der Waals surface area contributed by atoms with Crippen molar-refractivity contribution in [1.82, 2.24) is 10.3 Å². The maximum Gasteiger partial charge on any atom is 0.237 e. The van der Waals surface area contributed by atoms with Gasteiger partial charge in [-0.05, 0) is 20.8 Å². The van der Waals surface area contributed by atoms with Crippen molar-refractivity contribution in [3.63, 3.8) is 0 Å². The molecule has 0 saturated carbocycles. The van der Waals surface area contributed by atoms with Gasteiger partial charge in [0.05, 0.1) is 11.6 Å². The summed E-state index contributed by atoms with van der Waals surface area (Å²) < 4.78 is 0. The molecule has 0 radical (unpaired) electrons. The highest BCUT2D eigenvalue weighted by atomic mass is 35.5. The lowest BCUT2D eigenvalue weighted by Crippen LogP contribution is -2.47. The normalized spacial score (nSPS) is 12.0. The monoisotopic (exact) mass is 285 g/mol. The first-order valence-corrected chi connectivity index (χ1v) is 5.29. The van der Waals surface area contributed by atoms with Crippen LogP contribution in [0.1, 0.15) is 25.8 Å². The lowest BCUT2D eigenvalue weighted by molar-refractivity contribution is -0.123. The number of amides is 1. The maximum absolute atomic E-state index is 11.4. The third kappa shape index (κ3) is 4.65. The van der Waals surface area contributed by atoms with Gasteiger partial charge in [0.25, 0.3) is 0 Å². The van der Waals surface area contributed by atoms with E-state index < -0.39 is 11.6 Å². The van der Waals surface area contributed by atoms with Crippen LogP contribution < -0.4 is 11.1 Å². The first-order chi connectivity index (χ1) is 6.43. The third-order valence-corrected chi connectivity index (χ3v) is 2.91. The highest BCUT2D eigenvalue weighted by Gasteiger charge is 2.26. The van der Waals surface area contributed by atoms with Crippen LogP contribution in [0.25, 0.3) is 0 Å². The van der Waals surface area contributed by atoms with Gasteiger partial charge in [-0.2, -0.15) is 0 Å². The van der Waals surface area contributed by atoms with E-state index in [4.69, 9.17) is 5.73 Å². The molecule has 1 rings (SSSR count). The van der Waals surface area contributed by atoms with Gasteiger partial charge in [-0.15, -0.1) is 36.2 Å². The molecule has 1 aromatic heterocycles. The number of carbonyl (C=O) groups excluding carboxylic acids is 1. The van der Waals surface area contributed by atoms with Gasteiger partial charge in [-0.25, -0.2) is 4.98 Å². The quantitative estimate of drug-likeness (QED) is 0.888. The molecule has 0 aliphatic carbocycles. The van der Waals surface area contributed by atoms with Gasteiger partial charge in [0.15, 0.2) is 0 Å². The van der Waals surface area contributed by atoms with Crippen LogP contribution in [0.4, 0.5) is 0 Å². The molecule has 1 amide bonds. The molecule has 1 aromatic rings. The second-order valence-electron chi connectivity index (χ2n) is 3.74.